The lowest BCUT2D eigenvalue weighted by molar-refractivity contribution is -0.145. The van der Waals surface area contributed by atoms with Crippen molar-refractivity contribution in [1.82, 2.24) is 10.2 Å². The third-order valence-corrected chi connectivity index (χ3v) is 5.66. The summed E-state index contributed by atoms with van der Waals surface area (Å²) in [5, 5.41) is 3.56. The van der Waals surface area contributed by atoms with Crippen molar-refractivity contribution in [2.45, 2.75) is 37.8 Å². The number of carbonyl (C=O) groups excluding carboxylic acids is 1. The van der Waals surface area contributed by atoms with E-state index in [1.165, 1.54) is 11.1 Å². The molecule has 2 fully saturated rings. The molecule has 0 saturated carbocycles. The van der Waals surface area contributed by atoms with Gasteiger partial charge >= 0.3 is 0 Å². The molecule has 0 aliphatic carbocycles. The molecule has 5 heteroatoms. The highest BCUT2D eigenvalue weighted by Crippen LogP contribution is 2.49. The smallest absolute Gasteiger partial charge is 0.231 e. The number of piperidine rings is 2. The normalized spacial score (nSPS) is 32.3. The third-order valence-electron chi connectivity index (χ3n) is 5.66. The second-order valence-corrected chi connectivity index (χ2v) is 6.71. The molecule has 4 aliphatic rings. The third kappa shape index (κ3) is 1.66. The van der Waals surface area contributed by atoms with E-state index in [9.17, 15) is 4.79 Å². The Hall–Kier alpha value is -1.75. The molecule has 0 spiro atoms. The van der Waals surface area contributed by atoms with Crippen molar-refractivity contribution in [3.8, 4) is 11.5 Å². The Morgan fingerprint density at radius 3 is 3.18 bits per heavy atom. The first-order valence-corrected chi connectivity index (χ1v) is 8.28. The SMILES string of the molecule is O=C1[C@H]2CCCN[C@H]2C[C@H]2c3c(ccc4c3OCO4)CCN12. The quantitative estimate of drug-likeness (QED) is 0.791. The van der Waals surface area contributed by atoms with Crippen LogP contribution in [0.4, 0.5) is 0 Å². The first-order chi connectivity index (χ1) is 10.8. The second-order valence-electron chi connectivity index (χ2n) is 6.71. The number of hydrogen-bond acceptors (Lipinski definition) is 4. The van der Waals surface area contributed by atoms with Gasteiger partial charge in [-0.15, -0.1) is 0 Å². The molecule has 1 aromatic rings. The van der Waals surface area contributed by atoms with Crippen molar-refractivity contribution < 1.29 is 14.3 Å². The van der Waals surface area contributed by atoms with E-state index in [1.54, 1.807) is 0 Å². The number of nitrogens with one attached hydrogen (secondary N) is 1. The zero-order valence-corrected chi connectivity index (χ0v) is 12.5. The van der Waals surface area contributed by atoms with Crippen LogP contribution in [0.2, 0.25) is 0 Å². The number of hydrogen-bond donors (Lipinski definition) is 1. The molecule has 2 saturated heterocycles. The number of fused-ring (bicyclic) bond motifs is 6. The van der Waals surface area contributed by atoms with Gasteiger partial charge in [0.05, 0.1) is 12.0 Å². The maximum Gasteiger partial charge on any atom is 0.231 e. The fourth-order valence-corrected chi connectivity index (χ4v) is 4.63. The van der Waals surface area contributed by atoms with E-state index in [0.717, 1.165) is 50.3 Å². The minimum Gasteiger partial charge on any atom is -0.454 e. The molecule has 116 valence electrons. The Morgan fingerprint density at radius 1 is 1.27 bits per heavy atom. The molecule has 0 unspecified atom stereocenters. The van der Waals surface area contributed by atoms with Crippen LogP contribution in [-0.2, 0) is 11.2 Å². The van der Waals surface area contributed by atoms with Gasteiger partial charge in [-0.1, -0.05) is 6.07 Å². The highest BCUT2D eigenvalue weighted by atomic mass is 16.7. The molecule has 22 heavy (non-hydrogen) atoms. The molecule has 0 radical (unpaired) electrons. The molecular weight excluding hydrogens is 280 g/mol. The second kappa shape index (κ2) is 4.62. The molecule has 5 rings (SSSR count). The summed E-state index contributed by atoms with van der Waals surface area (Å²) in [6.07, 6.45) is 4.04. The van der Waals surface area contributed by atoms with E-state index >= 15 is 0 Å². The van der Waals surface area contributed by atoms with Gasteiger partial charge in [0.1, 0.15) is 0 Å². The summed E-state index contributed by atoms with van der Waals surface area (Å²) in [6, 6.07) is 4.60. The van der Waals surface area contributed by atoms with Crippen molar-refractivity contribution in [2.75, 3.05) is 19.9 Å². The molecule has 1 amide bonds. The fraction of sp³-hybridized carbons (Fsp3) is 0.588. The minimum atomic E-state index is 0.139. The van der Waals surface area contributed by atoms with Crippen molar-refractivity contribution in [3.05, 3.63) is 23.3 Å². The van der Waals surface area contributed by atoms with Crippen molar-refractivity contribution in [1.29, 1.82) is 0 Å². The summed E-state index contributed by atoms with van der Waals surface area (Å²) < 4.78 is 11.3. The van der Waals surface area contributed by atoms with Crippen LogP contribution < -0.4 is 14.8 Å². The van der Waals surface area contributed by atoms with Crippen LogP contribution in [0.25, 0.3) is 0 Å². The molecule has 4 aliphatic heterocycles. The molecule has 4 heterocycles. The Labute approximate surface area is 129 Å². The lowest BCUT2D eigenvalue weighted by Crippen LogP contribution is -2.57. The molecule has 1 aromatic carbocycles. The van der Waals surface area contributed by atoms with E-state index in [2.05, 4.69) is 16.3 Å². The van der Waals surface area contributed by atoms with Gasteiger partial charge in [-0.25, -0.2) is 0 Å². The van der Waals surface area contributed by atoms with Gasteiger partial charge in [-0.05, 0) is 43.9 Å². The van der Waals surface area contributed by atoms with Crippen LogP contribution in [-0.4, -0.2) is 36.7 Å². The van der Waals surface area contributed by atoms with Gasteiger partial charge in [0.25, 0.3) is 0 Å². The van der Waals surface area contributed by atoms with Crippen LogP contribution in [0.1, 0.15) is 36.4 Å². The molecule has 0 aromatic heterocycles. The molecule has 1 N–H and O–H groups in total. The zero-order valence-electron chi connectivity index (χ0n) is 12.5. The van der Waals surface area contributed by atoms with Gasteiger partial charge in [0, 0.05) is 18.2 Å². The number of nitrogens with zero attached hydrogens (tertiary/aromatic N) is 1. The summed E-state index contributed by atoms with van der Waals surface area (Å²) in [5.41, 5.74) is 2.51. The van der Waals surface area contributed by atoms with Crippen molar-refractivity contribution in [2.24, 2.45) is 5.92 Å². The first-order valence-electron chi connectivity index (χ1n) is 8.28. The topological polar surface area (TPSA) is 50.8 Å². The van der Waals surface area contributed by atoms with E-state index in [0.29, 0.717) is 11.9 Å². The largest absolute Gasteiger partial charge is 0.454 e. The lowest BCUT2D eigenvalue weighted by Gasteiger charge is -2.48. The average Bonchev–Trinajstić information content (AvgIpc) is 3.03. The Bertz CT molecular complexity index is 645. The molecule has 3 atom stereocenters. The van der Waals surface area contributed by atoms with E-state index < -0.39 is 0 Å². The van der Waals surface area contributed by atoms with Crippen molar-refractivity contribution in [3.63, 3.8) is 0 Å². The summed E-state index contributed by atoms with van der Waals surface area (Å²) in [5.74, 6) is 2.19. The van der Waals surface area contributed by atoms with Crippen LogP contribution in [0.15, 0.2) is 12.1 Å². The van der Waals surface area contributed by atoms with Gasteiger partial charge in [-0.2, -0.15) is 0 Å². The predicted molar refractivity (Wildman–Crippen MR) is 79.9 cm³/mol. The van der Waals surface area contributed by atoms with Gasteiger partial charge in [0.15, 0.2) is 11.5 Å². The Morgan fingerprint density at radius 2 is 2.23 bits per heavy atom. The van der Waals surface area contributed by atoms with Crippen LogP contribution in [0, 0.1) is 5.92 Å². The number of amides is 1. The summed E-state index contributed by atoms with van der Waals surface area (Å²) >= 11 is 0. The Balaban J connectivity index is 1.59. The summed E-state index contributed by atoms with van der Waals surface area (Å²) in [7, 11) is 0. The zero-order chi connectivity index (χ0) is 14.7. The van der Waals surface area contributed by atoms with E-state index in [4.69, 9.17) is 9.47 Å². The average molecular weight is 300 g/mol. The van der Waals surface area contributed by atoms with Gasteiger partial charge in [0.2, 0.25) is 12.7 Å². The van der Waals surface area contributed by atoms with Crippen LogP contribution in [0.3, 0.4) is 0 Å². The van der Waals surface area contributed by atoms with Crippen LogP contribution in [0.5, 0.6) is 11.5 Å². The minimum absolute atomic E-state index is 0.139. The maximum absolute atomic E-state index is 12.9. The number of rotatable bonds is 0. The predicted octanol–water partition coefficient (Wildman–Crippen LogP) is 1.61. The fourth-order valence-electron chi connectivity index (χ4n) is 4.63. The summed E-state index contributed by atoms with van der Waals surface area (Å²) in [4.78, 5) is 15.0. The standard InChI is InChI=1S/C17H20N2O3/c20-17-11-2-1-6-18-12(11)8-13-15-10(5-7-19(13)17)3-4-14-16(15)22-9-21-14/h3-4,11-13,18H,1-2,5-9H2/t11-,12-,13-/m0/s1. The highest BCUT2D eigenvalue weighted by Gasteiger charge is 2.46. The lowest BCUT2D eigenvalue weighted by atomic mass is 9.76. The molecular formula is C17H20N2O3. The Kier molecular flexibility index (Phi) is 2.68. The number of benzene rings is 1. The summed E-state index contributed by atoms with van der Waals surface area (Å²) in [6.45, 7) is 2.15. The van der Waals surface area contributed by atoms with Crippen LogP contribution >= 0.6 is 0 Å². The monoisotopic (exact) mass is 300 g/mol. The highest BCUT2D eigenvalue weighted by molar-refractivity contribution is 5.82. The molecule has 0 bridgehead atoms. The van der Waals surface area contributed by atoms with Crippen molar-refractivity contribution >= 4 is 5.91 Å². The van der Waals surface area contributed by atoms with Gasteiger partial charge in [-0.3, -0.25) is 4.79 Å². The number of ether oxygens (including phenoxy) is 2. The first kappa shape index (κ1) is 12.8. The van der Waals surface area contributed by atoms with E-state index in [1.807, 2.05) is 6.07 Å². The molecule has 5 nitrogen and oxygen atoms in total. The number of carbonyl (C=O) groups is 1. The van der Waals surface area contributed by atoms with E-state index in [-0.39, 0.29) is 18.8 Å². The van der Waals surface area contributed by atoms with Gasteiger partial charge < -0.3 is 19.7 Å². The maximum atomic E-state index is 12.9.